The van der Waals surface area contributed by atoms with Gasteiger partial charge in [-0.05, 0) is 30.4 Å². The molecule has 6 nitrogen and oxygen atoms in total. The quantitative estimate of drug-likeness (QED) is 0.817. The van der Waals surface area contributed by atoms with Gasteiger partial charge in [-0.2, -0.15) is 4.31 Å². The van der Waals surface area contributed by atoms with Crippen LogP contribution in [0.5, 0.6) is 5.75 Å². The number of benzene rings is 1. The molecule has 2 aliphatic heterocycles. The van der Waals surface area contributed by atoms with Gasteiger partial charge in [-0.1, -0.05) is 13.8 Å². The van der Waals surface area contributed by atoms with Crippen LogP contribution in [-0.2, 0) is 14.8 Å². The lowest BCUT2D eigenvalue weighted by atomic mass is 9.94. The number of sulfonamides is 1. The zero-order valence-electron chi connectivity index (χ0n) is 14.4. The van der Waals surface area contributed by atoms with E-state index in [4.69, 9.17) is 4.74 Å². The molecule has 0 N–H and O–H groups in total. The first-order valence-corrected chi connectivity index (χ1v) is 9.78. The number of hydrogen-bond donors (Lipinski definition) is 0. The molecule has 0 radical (unpaired) electrons. The highest BCUT2D eigenvalue weighted by Gasteiger charge is 2.33. The van der Waals surface area contributed by atoms with Gasteiger partial charge in [0, 0.05) is 26.1 Å². The third-order valence-corrected chi connectivity index (χ3v) is 6.48. The molecule has 132 valence electrons. The first-order chi connectivity index (χ1) is 11.3. The van der Waals surface area contributed by atoms with Crippen molar-refractivity contribution in [3.8, 4) is 5.75 Å². The Kier molecular flexibility index (Phi) is 4.57. The Morgan fingerprint density at radius 3 is 2.50 bits per heavy atom. The van der Waals surface area contributed by atoms with Gasteiger partial charge in [0.25, 0.3) is 0 Å². The molecule has 24 heavy (non-hydrogen) atoms. The average Bonchev–Trinajstić information content (AvgIpc) is 2.52. The van der Waals surface area contributed by atoms with Crippen LogP contribution in [0.3, 0.4) is 0 Å². The molecule has 1 saturated heterocycles. The molecule has 1 amide bonds. The first kappa shape index (κ1) is 17.2. The van der Waals surface area contributed by atoms with Crippen molar-refractivity contribution in [1.29, 1.82) is 0 Å². The number of fused-ring (bicyclic) bond motifs is 1. The van der Waals surface area contributed by atoms with E-state index in [-0.39, 0.29) is 10.8 Å². The van der Waals surface area contributed by atoms with Crippen LogP contribution in [0, 0.1) is 11.8 Å². The first-order valence-electron chi connectivity index (χ1n) is 8.34. The van der Waals surface area contributed by atoms with Crippen LogP contribution < -0.4 is 9.64 Å². The molecule has 7 heteroatoms. The predicted molar refractivity (Wildman–Crippen MR) is 91.7 cm³/mol. The topological polar surface area (TPSA) is 66.9 Å². The largest absolute Gasteiger partial charge is 0.489 e. The van der Waals surface area contributed by atoms with Gasteiger partial charge < -0.3 is 9.64 Å². The molecular formula is C17H24N2O4S. The second-order valence-electron chi connectivity index (χ2n) is 6.92. The number of carbonyl (C=O) groups excluding carboxylic acids is 1. The lowest BCUT2D eigenvalue weighted by Gasteiger charge is -2.34. The number of hydrogen-bond acceptors (Lipinski definition) is 4. The summed E-state index contributed by atoms with van der Waals surface area (Å²) in [5, 5.41) is 0. The summed E-state index contributed by atoms with van der Waals surface area (Å²) in [6.07, 6.45) is 1.05. The van der Waals surface area contributed by atoms with E-state index < -0.39 is 10.0 Å². The van der Waals surface area contributed by atoms with Gasteiger partial charge in [0.05, 0.1) is 17.1 Å². The van der Waals surface area contributed by atoms with Gasteiger partial charge >= 0.3 is 0 Å². The zero-order chi connectivity index (χ0) is 17.5. The molecular weight excluding hydrogens is 328 g/mol. The molecule has 0 bridgehead atoms. The molecule has 0 spiro atoms. The fourth-order valence-corrected chi connectivity index (χ4v) is 5.33. The molecule has 1 fully saturated rings. The maximum absolute atomic E-state index is 13.0. The lowest BCUT2D eigenvalue weighted by molar-refractivity contribution is -0.116. The number of carbonyl (C=O) groups is 1. The summed E-state index contributed by atoms with van der Waals surface area (Å²) in [6, 6.07) is 4.78. The van der Waals surface area contributed by atoms with Gasteiger partial charge in [-0.3, -0.25) is 4.79 Å². The van der Waals surface area contributed by atoms with Crippen LogP contribution in [0.1, 0.15) is 27.2 Å². The van der Waals surface area contributed by atoms with Crippen LogP contribution >= 0.6 is 0 Å². The highest BCUT2D eigenvalue weighted by atomic mass is 32.2. The van der Waals surface area contributed by atoms with E-state index in [2.05, 4.69) is 13.8 Å². The highest BCUT2D eigenvalue weighted by Crippen LogP contribution is 2.35. The molecule has 1 aromatic rings. The maximum atomic E-state index is 13.0. The summed E-state index contributed by atoms with van der Waals surface area (Å²) in [5.41, 5.74) is 0.632. The van der Waals surface area contributed by atoms with Crippen molar-refractivity contribution in [3.05, 3.63) is 18.2 Å². The minimum Gasteiger partial charge on any atom is -0.489 e. The second kappa shape index (κ2) is 6.37. The lowest BCUT2D eigenvalue weighted by Crippen LogP contribution is -2.42. The van der Waals surface area contributed by atoms with Crippen LogP contribution in [0.4, 0.5) is 5.69 Å². The van der Waals surface area contributed by atoms with Gasteiger partial charge in [0.1, 0.15) is 12.4 Å². The molecule has 2 unspecified atom stereocenters. The maximum Gasteiger partial charge on any atom is 0.243 e. The highest BCUT2D eigenvalue weighted by molar-refractivity contribution is 7.89. The van der Waals surface area contributed by atoms with Crippen LogP contribution in [0.2, 0.25) is 0 Å². The Bertz CT molecular complexity index is 737. The summed E-state index contributed by atoms with van der Waals surface area (Å²) in [7, 11) is -3.55. The van der Waals surface area contributed by atoms with E-state index >= 15 is 0 Å². The average molecular weight is 352 g/mol. The van der Waals surface area contributed by atoms with Crippen molar-refractivity contribution in [2.75, 3.05) is 31.1 Å². The molecule has 3 rings (SSSR count). The number of piperidine rings is 1. The Morgan fingerprint density at radius 2 is 1.88 bits per heavy atom. The van der Waals surface area contributed by atoms with Crippen LogP contribution in [0.25, 0.3) is 0 Å². The zero-order valence-corrected chi connectivity index (χ0v) is 15.2. The monoisotopic (exact) mass is 352 g/mol. The van der Waals surface area contributed by atoms with Crippen molar-refractivity contribution in [1.82, 2.24) is 4.31 Å². The standard InChI is InChI=1S/C17H24N2O4S/c1-12-8-13(2)11-18(10-12)24(21,22)15-4-5-16-17(9-15)23-7-6-19(16)14(3)20/h4-5,9,12-13H,6-8,10-11H2,1-3H3. The third-order valence-electron chi connectivity index (χ3n) is 4.65. The normalized spacial score (nSPS) is 25.0. The molecule has 0 aliphatic carbocycles. The summed E-state index contributed by atoms with van der Waals surface area (Å²) in [5.74, 6) is 1.08. The predicted octanol–water partition coefficient (Wildman–Crippen LogP) is 2.10. The molecule has 0 aromatic heterocycles. The number of nitrogens with zero attached hydrogens (tertiary/aromatic N) is 2. The molecule has 2 heterocycles. The van der Waals surface area contributed by atoms with E-state index in [1.165, 1.54) is 6.92 Å². The molecule has 1 aromatic carbocycles. The molecule has 2 atom stereocenters. The fraction of sp³-hybridized carbons (Fsp3) is 0.588. The Hall–Kier alpha value is -1.60. The second-order valence-corrected chi connectivity index (χ2v) is 8.85. The van der Waals surface area contributed by atoms with E-state index in [0.29, 0.717) is 49.5 Å². The van der Waals surface area contributed by atoms with Crippen molar-refractivity contribution in [3.63, 3.8) is 0 Å². The SMILES string of the molecule is CC(=O)N1CCOc2cc(S(=O)(=O)N3CC(C)CC(C)C3)ccc21. The number of anilines is 1. The molecule has 2 aliphatic rings. The van der Waals surface area contributed by atoms with E-state index in [1.807, 2.05) is 0 Å². The van der Waals surface area contributed by atoms with E-state index in [9.17, 15) is 13.2 Å². The Balaban J connectivity index is 1.93. The summed E-state index contributed by atoms with van der Waals surface area (Å²) >= 11 is 0. The fourth-order valence-electron chi connectivity index (χ4n) is 3.64. The van der Waals surface area contributed by atoms with Gasteiger partial charge in [-0.15, -0.1) is 0 Å². The smallest absolute Gasteiger partial charge is 0.243 e. The summed E-state index contributed by atoms with van der Waals surface area (Å²) in [4.78, 5) is 13.5. The number of ether oxygens (including phenoxy) is 1. The van der Waals surface area contributed by atoms with Gasteiger partial charge in [0.15, 0.2) is 0 Å². The Labute approximate surface area is 143 Å². The minimum absolute atomic E-state index is 0.0752. The number of amides is 1. The third kappa shape index (κ3) is 3.15. The van der Waals surface area contributed by atoms with Crippen LogP contribution in [0.15, 0.2) is 23.1 Å². The van der Waals surface area contributed by atoms with Crippen LogP contribution in [-0.4, -0.2) is 44.9 Å². The summed E-state index contributed by atoms with van der Waals surface area (Å²) in [6.45, 7) is 7.60. The Morgan fingerprint density at radius 1 is 1.21 bits per heavy atom. The van der Waals surface area contributed by atoms with Gasteiger partial charge in [-0.25, -0.2) is 8.42 Å². The summed E-state index contributed by atoms with van der Waals surface area (Å²) < 4.78 is 33.1. The van der Waals surface area contributed by atoms with Gasteiger partial charge in [0.2, 0.25) is 15.9 Å². The van der Waals surface area contributed by atoms with E-state index in [1.54, 1.807) is 27.4 Å². The van der Waals surface area contributed by atoms with Crippen molar-refractivity contribution < 1.29 is 17.9 Å². The van der Waals surface area contributed by atoms with Crippen molar-refractivity contribution in [2.45, 2.75) is 32.1 Å². The van der Waals surface area contributed by atoms with Crippen molar-refractivity contribution in [2.24, 2.45) is 11.8 Å². The van der Waals surface area contributed by atoms with Crippen molar-refractivity contribution >= 4 is 21.6 Å². The van der Waals surface area contributed by atoms with E-state index in [0.717, 1.165) is 6.42 Å². The number of rotatable bonds is 2. The minimum atomic E-state index is -3.55. The molecule has 0 saturated carbocycles.